The summed E-state index contributed by atoms with van der Waals surface area (Å²) in [4.78, 5) is 30.1. The Hall–Kier alpha value is -2.38. The highest BCUT2D eigenvalue weighted by Gasteiger charge is 2.29. The molecule has 0 bridgehead atoms. The van der Waals surface area contributed by atoms with Crippen LogP contribution in [0.3, 0.4) is 0 Å². The van der Waals surface area contributed by atoms with Crippen LogP contribution in [0.2, 0.25) is 0 Å². The fourth-order valence-electron chi connectivity index (χ4n) is 4.02. The lowest BCUT2D eigenvalue weighted by Crippen LogP contribution is -2.42. The van der Waals surface area contributed by atoms with Crippen LogP contribution < -0.4 is 10.2 Å². The molecule has 1 aromatic heterocycles. The van der Waals surface area contributed by atoms with E-state index in [2.05, 4.69) is 22.3 Å². The van der Waals surface area contributed by atoms with Crippen molar-refractivity contribution >= 4 is 28.2 Å². The van der Waals surface area contributed by atoms with Crippen LogP contribution in [0.1, 0.15) is 22.5 Å². The van der Waals surface area contributed by atoms with Gasteiger partial charge in [0.2, 0.25) is 5.91 Å². The summed E-state index contributed by atoms with van der Waals surface area (Å²) >= 11 is 1.57. The topological polar surface area (TPSA) is 61.9 Å². The van der Waals surface area contributed by atoms with Crippen LogP contribution in [0.15, 0.2) is 36.4 Å². The van der Waals surface area contributed by atoms with E-state index in [4.69, 9.17) is 4.74 Å². The molecular weight excluding hydrogens is 386 g/mol. The molecule has 154 valence electrons. The molecule has 29 heavy (non-hydrogen) atoms. The number of carbonyl (C=O) groups is 2. The lowest BCUT2D eigenvalue weighted by Gasteiger charge is -2.31. The van der Waals surface area contributed by atoms with E-state index in [1.165, 1.54) is 0 Å². The Balaban J connectivity index is 1.57. The van der Waals surface area contributed by atoms with Gasteiger partial charge in [-0.3, -0.25) is 9.59 Å². The Morgan fingerprint density at radius 2 is 1.76 bits per heavy atom. The molecule has 0 saturated carbocycles. The Morgan fingerprint density at radius 1 is 1.07 bits per heavy atom. The van der Waals surface area contributed by atoms with Crippen LogP contribution in [0.25, 0.3) is 11.1 Å². The summed E-state index contributed by atoms with van der Waals surface area (Å²) in [5.74, 6) is 0.160. The second-order valence-corrected chi connectivity index (χ2v) is 8.51. The summed E-state index contributed by atoms with van der Waals surface area (Å²) in [6.07, 6.45) is 1.44. The van der Waals surface area contributed by atoms with E-state index < -0.39 is 0 Å². The van der Waals surface area contributed by atoms with Crippen molar-refractivity contribution in [3.05, 3.63) is 41.3 Å². The quantitative estimate of drug-likeness (QED) is 0.837. The van der Waals surface area contributed by atoms with Crippen molar-refractivity contribution in [1.82, 2.24) is 10.2 Å². The van der Waals surface area contributed by atoms with Gasteiger partial charge in [0, 0.05) is 44.7 Å². The summed E-state index contributed by atoms with van der Waals surface area (Å²) in [6.45, 7) is 4.35. The highest BCUT2D eigenvalue weighted by atomic mass is 32.1. The molecule has 0 spiro atoms. The number of ether oxygens (including phenoxy) is 1. The highest BCUT2D eigenvalue weighted by Crippen LogP contribution is 2.40. The first-order valence-corrected chi connectivity index (χ1v) is 11.0. The number of thiophene rings is 1. The number of likely N-dealkylation sites (tertiary alicyclic amines) is 1. The summed E-state index contributed by atoms with van der Waals surface area (Å²) in [7, 11) is 1.67. The summed E-state index contributed by atoms with van der Waals surface area (Å²) in [5, 5.41) is 3.86. The monoisotopic (exact) mass is 413 g/mol. The van der Waals surface area contributed by atoms with Gasteiger partial charge in [0.05, 0.1) is 23.1 Å². The van der Waals surface area contributed by atoms with E-state index in [-0.39, 0.29) is 17.7 Å². The van der Waals surface area contributed by atoms with Crippen LogP contribution in [-0.2, 0) is 9.53 Å². The number of hydrogen-bond acceptors (Lipinski definition) is 5. The van der Waals surface area contributed by atoms with Gasteiger partial charge in [0.1, 0.15) is 0 Å². The smallest absolute Gasteiger partial charge is 0.264 e. The predicted octanol–water partition coefficient (Wildman–Crippen LogP) is 2.85. The normalized spacial score (nSPS) is 18.0. The number of carbonyl (C=O) groups excluding carboxylic acids is 2. The second-order valence-electron chi connectivity index (χ2n) is 7.48. The van der Waals surface area contributed by atoms with Crippen LogP contribution >= 0.6 is 11.3 Å². The number of nitrogens with one attached hydrogen (secondary N) is 1. The SMILES string of the molecule is CNC(=O)C1CCN(C(=O)c2cc(-c3ccccc3)c(N3CCOCC3)s2)CC1. The lowest BCUT2D eigenvalue weighted by molar-refractivity contribution is -0.125. The van der Waals surface area contributed by atoms with Gasteiger partial charge in [-0.15, -0.1) is 11.3 Å². The molecule has 3 heterocycles. The van der Waals surface area contributed by atoms with Crippen LogP contribution in [0.4, 0.5) is 5.00 Å². The zero-order valence-corrected chi connectivity index (χ0v) is 17.5. The van der Waals surface area contributed by atoms with E-state index in [1.807, 2.05) is 29.2 Å². The fourth-order valence-corrected chi connectivity index (χ4v) is 5.22. The molecule has 1 N–H and O–H groups in total. The summed E-state index contributed by atoms with van der Waals surface area (Å²) in [5.41, 5.74) is 2.24. The number of piperidine rings is 1. The first-order valence-electron chi connectivity index (χ1n) is 10.2. The molecule has 2 aromatic rings. The third-order valence-electron chi connectivity index (χ3n) is 5.71. The molecule has 0 atom stereocenters. The molecule has 1 aromatic carbocycles. The van der Waals surface area contributed by atoms with E-state index in [9.17, 15) is 9.59 Å². The minimum Gasteiger partial charge on any atom is -0.378 e. The van der Waals surface area contributed by atoms with Gasteiger partial charge in [-0.05, 0) is 24.5 Å². The van der Waals surface area contributed by atoms with E-state index >= 15 is 0 Å². The molecule has 4 rings (SSSR count). The average molecular weight is 414 g/mol. The third kappa shape index (κ3) is 4.31. The average Bonchev–Trinajstić information content (AvgIpc) is 3.25. The highest BCUT2D eigenvalue weighted by molar-refractivity contribution is 7.18. The molecule has 0 radical (unpaired) electrons. The number of rotatable bonds is 4. The van der Waals surface area contributed by atoms with Gasteiger partial charge in [0.15, 0.2) is 0 Å². The molecule has 2 fully saturated rings. The molecule has 0 unspecified atom stereocenters. The Morgan fingerprint density at radius 3 is 2.41 bits per heavy atom. The molecule has 2 aliphatic heterocycles. The standard InChI is InChI=1S/C22H27N3O3S/c1-23-20(26)17-7-9-24(10-8-17)21(27)19-15-18(16-5-3-2-4-6-16)22(29-19)25-11-13-28-14-12-25/h2-6,15,17H,7-14H2,1H3,(H,23,26). The third-order valence-corrected chi connectivity index (χ3v) is 6.89. The van der Waals surface area contributed by atoms with Gasteiger partial charge in [-0.1, -0.05) is 30.3 Å². The van der Waals surface area contributed by atoms with Crippen molar-refractivity contribution in [3.63, 3.8) is 0 Å². The predicted molar refractivity (Wildman–Crippen MR) is 115 cm³/mol. The lowest BCUT2D eigenvalue weighted by atomic mass is 9.96. The number of hydrogen-bond donors (Lipinski definition) is 1. The van der Waals surface area contributed by atoms with Crippen molar-refractivity contribution < 1.29 is 14.3 Å². The van der Waals surface area contributed by atoms with Crippen LogP contribution in [0, 0.1) is 5.92 Å². The number of benzene rings is 1. The van der Waals surface area contributed by atoms with Gasteiger partial charge >= 0.3 is 0 Å². The molecule has 6 nitrogen and oxygen atoms in total. The Kier molecular flexibility index (Phi) is 6.16. The maximum atomic E-state index is 13.2. The molecule has 7 heteroatoms. The van der Waals surface area contributed by atoms with Crippen molar-refractivity contribution in [2.75, 3.05) is 51.3 Å². The van der Waals surface area contributed by atoms with Gasteiger partial charge < -0.3 is 19.9 Å². The number of morpholine rings is 1. The van der Waals surface area contributed by atoms with Gasteiger partial charge in [0.25, 0.3) is 5.91 Å². The minimum atomic E-state index is 0.0103. The number of amides is 2. The van der Waals surface area contributed by atoms with E-state index in [0.717, 1.165) is 46.9 Å². The van der Waals surface area contributed by atoms with Crippen molar-refractivity contribution in [2.45, 2.75) is 12.8 Å². The maximum Gasteiger partial charge on any atom is 0.264 e. The molecule has 2 aliphatic rings. The van der Waals surface area contributed by atoms with Gasteiger partial charge in [-0.25, -0.2) is 0 Å². The first kappa shape index (κ1) is 19.9. The first-order chi connectivity index (χ1) is 14.2. The largest absolute Gasteiger partial charge is 0.378 e. The van der Waals surface area contributed by atoms with Gasteiger partial charge in [-0.2, -0.15) is 0 Å². The number of nitrogens with zero attached hydrogens (tertiary/aromatic N) is 2. The van der Waals surface area contributed by atoms with Crippen molar-refractivity contribution in [1.29, 1.82) is 0 Å². The van der Waals surface area contributed by atoms with Crippen molar-refractivity contribution in [3.8, 4) is 11.1 Å². The zero-order valence-electron chi connectivity index (χ0n) is 16.7. The van der Waals surface area contributed by atoms with Crippen LogP contribution in [-0.4, -0.2) is 63.2 Å². The zero-order chi connectivity index (χ0) is 20.2. The maximum absolute atomic E-state index is 13.2. The minimum absolute atomic E-state index is 0.0103. The Bertz CT molecular complexity index is 853. The van der Waals surface area contributed by atoms with E-state index in [1.54, 1.807) is 18.4 Å². The molecule has 2 amide bonds. The summed E-state index contributed by atoms with van der Waals surface area (Å²) < 4.78 is 5.51. The second kappa shape index (κ2) is 8.97. The molecular formula is C22H27N3O3S. The Labute approximate surface area is 175 Å². The van der Waals surface area contributed by atoms with E-state index in [0.29, 0.717) is 26.3 Å². The summed E-state index contributed by atoms with van der Waals surface area (Å²) in [6, 6.07) is 12.3. The molecule has 2 saturated heterocycles. The number of anilines is 1. The van der Waals surface area contributed by atoms with Crippen LogP contribution in [0.5, 0.6) is 0 Å². The van der Waals surface area contributed by atoms with Crippen molar-refractivity contribution in [2.24, 2.45) is 5.92 Å². The molecule has 0 aliphatic carbocycles. The fraction of sp³-hybridized carbons (Fsp3) is 0.455.